The van der Waals surface area contributed by atoms with Gasteiger partial charge in [0.1, 0.15) is 0 Å². The van der Waals surface area contributed by atoms with Crippen molar-refractivity contribution in [2.45, 2.75) is 53.1 Å². The Balaban J connectivity index is 0. The van der Waals surface area contributed by atoms with Crippen molar-refractivity contribution in [1.29, 1.82) is 0 Å². The van der Waals surface area contributed by atoms with Crippen molar-refractivity contribution in [3.05, 3.63) is 12.7 Å². The minimum Gasteiger partial charge on any atom is -0.335 e. The number of hydrogen-bond donors (Lipinski definition) is 0. The molecular formula is C14H30N2O. The van der Waals surface area contributed by atoms with Gasteiger partial charge in [0.25, 0.3) is 0 Å². The molecule has 1 fully saturated rings. The van der Waals surface area contributed by atoms with Crippen LogP contribution in [0.5, 0.6) is 0 Å². The monoisotopic (exact) mass is 242 g/mol. The predicted molar refractivity (Wildman–Crippen MR) is 76.2 cm³/mol. The zero-order valence-corrected chi connectivity index (χ0v) is 12.7. The Kier molecular flexibility index (Phi) is 11.3. The summed E-state index contributed by atoms with van der Waals surface area (Å²) in [6.45, 7) is 14.5. The number of carbonyl (C=O) groups excluding carboxylic acids is 1. The molecule has 0 saturated carbocycles. The molecule has 0 bridgehead atoms. The molecule has 3 nitrogen and oxygen atoms in total. The van der Waals surface area contributed by atoms with Gasteiger partial charge in [-0.05, 0) is 33.5 Å². The van der Waals surface area contributed by atoms with Crippen LogP contribution in [0.3, 0.4) is 0 Å². The summed E-state index contributed by atoms with van der Waals surface area (Å²) in [5.74, 6) is 0.0526. The lowest BCUT2D eigenvalue weighted by atomic mass is 10.1. The number of carbonyl (C=O) groups is 1. The van der Waals surface area contributed by atoms with Crippen LogP contribution in [0, 0.1) is 0 Å². The van der Waals surface area contributed by atoms with E-state index in [0.29, 0.717) is 12.1 Å². The van der Waals surface area contributed by atoms with Gasteiger partial charge in [0, 0.05) is 18.6 Å². The highest BCUT2D eigenvalue weighted by Crippen LogP contribution is 2.21. The lowest BCUT2D eigenvalue weighted by molar-refractivity contribution is -0.126. The smallest absolute Gasteiger partial charge is 0.246 e. The fraction of sp³-hybridized carbons (Fsp3) is 0.786. The van der Waals surface area contributed by atoms with Crippen molar-refractivity contribution in [2.24, 2.45) is 0 Å². The van der Waals surface area contributed by atoms with Gasteiger partial charge in [-0.3, -0.25) is 4.79 Å². The van der Waals surface area contributed by atoms with E-state index in [2.05, 4.69) is 32.5 Å². The zero-order chi connectivity index (χ0) is 14.0. The molecule has 0 aromatic carbocycles. The number of nitrogens with zero attached hydrogens (tertiary/aromatic N) is 2. The lowest BCUT2D eigenvalue weighted by Crippen LogP contribution is -2.41. The van der Waals surface area contributed by atoms with Crippen molar-refractivity contribution in [3.8, 4) is 0 Å². The van der Waals surface area contributed by atoms with E-state index in [1.165, 1.54) is 6.08 Å². The Morgan fingerprint density at radius 2 is 1.76 bits per heavy atom. The maximum Gasteiger partial charge on any atom is 0.246 e. The SMILES string of the molecule is C=CC(=O)N1CCC(N(C)C)C1C.CC.CC. The summed E-state index contributed by atoms with van der Waals surface area (Å²) in [7, 11) is 4.12. The zero-order valence-electron chi connectivity index (χ0n) is 12.7. The first-order chi connectivity index (χ1) is 8.07. The second-order valence-electron chi connectivity index (χ2n) is 3.80. The third-order valence-corrected chi connectivity index (χ3v) is 2.84. The van der Waals surface area contributed by atoms with E-state index < -0.39 is 0 Å². The Labute approximate surface area is 107 Å². The summed E-state index contributed by atoms with van der Waals surface area (Å²) in [5.41, 5.74) is 0. The lowest BCUT2D eigenvalue weighted by Gasteiger charge is -2.27. The molecule has 1 rings (SSSR count). The van der Waals surface area contributed by atoms with Crippen LogP contribution in [0.15, 0.2) is 12.7 Å². The van der Waals surface area contributed by atoms with E-state index in [4.69, 9.17) is 0 Å². The molecule has 0 aromatic heterocycles. The number of amides is 1. The van der Waals surface area contributed by atoms with Crippen LogP contribution in [0.1, 0.15) is 41.0 Å². The van der Waals surface area contributed by atoms with Gasteiger partial charge in [-0.1, -0.05) is 34.3 Å². The fourth-order valence-corrected chi connectivity index (χ4v) is 2.04. The van der Waals surface area contributed by atoms with Gasteiger partial charge in [0.05, 0.1) is 0 Å². The summed E-state index contributed by atoms with van der Waals surface area (Å²) in [6, 6.07) is 0.796. The summed E-state index contributed by atoms with van der Waals surface area (Å²) in [6.07, 6.45) is 2.46. The molecule has 0 spiro atoms. The number of likely N-dealkylation sites (N-methyl/N-ethyl adjacent to an activating group) is 1. The third kappa shape index (κ3) is 5.35. The molecular weight excluding hydrogens is 212 g/mol. The van der Waals surface area contributed by atoms with Crippen LogP contribution in [-0.2, 0) is 4.79 Å². The van der Waals surface area contributed by atoms with Gasteiger partial charge in [-0.2, -0.15) is 0 Å². The van der Waals surface area contributed by atoms with Gasteiger partial charge in [-0.15, -0.1) is 0 Å². The molecule has 1 aliphatic heterocycles. The number of hydrogen-bond acceptors (Lipinski definition) is 2. The van der Waals surface area contributed by atoms with Crippen LogP contribution in [-0.4, -0.2) is 48.4 Å². The van der Waals surface area contributed by atoms with Crippen molar-refractivity contribution in [3.63, 3.8) is 0 Å². The van der Waals surface area contributed by atoms with Gasteiger partial charge in [0.2, 0.25) is 5.91 Å². The first-order valence-corrected chi connectivity index (χ1v) is 6.67. The minimum atomic E-state index is 0.0526. The van der Waals surface area contributed by atoms with Gasteiger partial charge >= 0.3 is 0 Å². The highest BCUT2D eigenvalue weighted by atomic mass is 16.2. The maximum atomic E-state index is 11.4. The Morgan fingerprint density at radius 1 is 1.29 bits per heavy atom. The highest BCUT2D eigenvalue weighted by molar-refractivity contribution is 5.87. The molecule has 3 heteroatoms. The summed E-state index contributed by atoms with van der Waals surface area (Å²) in [4.78, 5) is 15.5. The van der Waals surface area contributed by atoms with Gasteiger partial charge < -0.3 is 9.80 Å². The van der Waals surface area contributed by atoms with Crippen molar-refractivity contribution < 1.29 is 4.79 Å². The Morgan fingerprint density at radius 3 is 2.06 bits per heavy atom. The summed E-state index contributed by atoms with van der Waals surface area (Å²) in [5, 5.41) is 0. The third-order valence-electron chi connectivity index (χ3n) is 2.84. The summed E-state index contributed by atoms with van der Waals surface area (Å²) < 4.78 is 0. The Hall–Kier alpha value is -0.830. The van der Waals surface area contributed by atoms with Crippen LogP contribution in [0.25, 0.3) is 0 Å². The first kappa shape index (κ1) is 18.5. The van der Waals surface area contributed by atoms with E-state index in [0.717, 1.165) is 13.0 Å². The van der Waals surface area contributed by atoms with Crippen LogP contribution >= 0.6 is 0 Å². The largest absolute Gasteiger partial charge is 0.335 e. The van der Waals surface area contributed by atoms with E-state index in [-0.39, 0.29) is 5.91 Å². The van der Waals surface area contributed by atoms with E-state index in [1.807, 2.05) is 32.6 Å². The average molecular weight is 242 g/mol. The fourth-order valence-electron chi connectivity index (χ4n) is 2.04. The van der Waals surface area contributed by atoms with E-state index in [1.54, 1.807) is 0 Å². The molecule has 0 aromatic rings. The normalized spacial score (nSPS) is 22.2. The molecule has 0 N–H and O–H groups in total. The van der Waals surface area contributed by atoms with Crippen molar-refractivity contribution in [2.75, 3.05) is 20.6 Å². The second kappa shape index (κ2) is 10.3. The molecule has 0 radical (unpaired) electrons. The molecule has 17 heavy (non-hydrogen) atoms. The van der Waals surface area contributed by atoms with Crippen molar-refractivity contribution in [1.82, 2.24) is 9.80 Å². The van der Waals surface area contributed by atoms with Gasteiger partial charge in [-0.25, -0.2) is 0 Å². The molecule has 2 unspecified atom stereocenters. The highest BCUT2D eigenvalue weighted by Gasteiger charge is 2.33. The quantitative estimate of drug-likeness (QED) is 0.695. The molecule has 2 atom stereocenters. The van der Waals surface area contributed by atoms with Crippen LogP contribution in [0.4, 0.5) is 0 Å². The second-order valence-corrected chi connectivity index (χ2v) is 3.80. The van der Waals surface area contributed by atoms with E-state index >= 15 is 0 Å². The van der Waals surface area contributed by atoms with Gasteiger partial charge in [0.15, 0.2) is 0 Å². The topological polar surface area (TPSA) is 23.6 Å². The first-order valence-electron chi connectivity index (χ1n) is 6.67. The van der Waals surface area contributed by atoms with Crippen LogP contribution in [0.2, 0.25) is 0 Å². The molecule has 1 amide bonds. The molecule has 1 saturated heterocycles. The van der Waals surface area contributed by atoms with E-state index in [9.17, 15) is 4.79 Å². The van der Waals surface area contributed by atoms with Crippen molar-refractivity contribution >= 4 is 5.91 Å². The predicted octanol–water partition coefficient (Wildman–Crippen LogP) is 2.78. The minimum absolute atomic E-state index is 0.0526. The summed E-state index contributed by atoms with van der Waals surface area (Å²) >= 11 is 0. The molecule has 1 aliphatic rings. The Bertz CT molecular complexity index is 214. The maximum absolute atomic E-state index is 11.4. The average Bonchev–Trinajstić information content (AvgIpc) is 2.75. The molecule has 1 heterocycles. The molecule has 102 valence electrons. The number of likely N-dealkylation sites (tertiary alicyclic amines) is 1. The standard InChI is InChI=1S/C10H18N2O.2C2H6/c1-5-10(13)12-7-6-9(8(12)2)11(3)4;2*1-2/h5,8-9H,1,6-7H2,2-4H3;2*1-2H3. The molecule has 0 aliphatic carbocycles. The number of rotatable bonds is 2. The van der Waals surface area contributed by atoms with Crippen LogP contribution < -0.4 is 0 Å².